The van der Waals surface area contributed by atoms with Gasteiger partial charge in [0.05, 0.1) is 0 Å². The van der Waals surface area contributed by atoms with E-state index >= 15 is 0 Å². The van der Waals surface area contributed by atoms with Crippen LogP contribution in [0.3, 0.4) is 0 Å². The van der Waals surface area contributed by atoms with Gasteiger partial charge in [-0.05, 0) is 49.6 Å². The van der Waals surface area contributed by atoms with E-state index in [0.29, 0.717) is 5.75 Å². The largest absolute Gasteiger partial charge is 0.508 e. The molecule has 0 atom stereocenters. The molecule has 0 bridgehead atoms. The number of hydrogen-bond acceptors (Lipinski definition) is 1. The van der Waals surface area contributed by atoms with Crippen molar-refractivity contribution in [3.63, 3.8) is 0 Å². The number of phenols is 1. The molecule has 0 radical (unpaired) electrons. The van der Waals surface area contributed by atoms with Gasteiger partial charge in [0.1, 0.15) is 5.75 Å². The zero-order valence-electron chi connectivity index (χ0n) is 7.76. The quantitative estimate of drug-likeness (QED) is 0.672. The SMILES string of the molecule is C/C=C(/C)c1ccc(O)cc1C. The van der Waals surface area contributed by atoms with Crippen LogP contribution in [0.4, 0.5) is 0 Å². The van der Waals surface area contributed by atoms with Crippen molar-refractivity contribution in [3.05, 3.63) is 35.4 Å². The maximum Gasteiger partial charge on any atom is 0.115 e. The Morgan fingerprint density at radius 3 is 2.58 bits per heavy atom. The number of aromatic hydroxyl groups is 1. The van der Waals surface area contributed by atoms with E-state index in [-0.39, 0.29) is 0 Å². The smallest absolute Gasteiger partial charge is 0.115 e. The summed E-state index contributed by atoms with van der Waals surface area (Å²) in [6, 6.07) is 5.44. The van der Waals surface area contributed by atoms with Gasteiger partial charge in [-0.25, -0.2) is 0 Å². The average Bonchev–Trinajstić information content (AvgIpc) is 2.03. The molecule has 0 fully saturated rings. The summed E-state index contributed by atoms with van der Waals surface area (Å²) in [6.45, 7) is 6.09. The minimum Gasteiger partial charge on any atom is -0.508 e. The second-order valence-corrected chi connectivity index (χ2v) is 2.97. The first-order valence-corrected chi connectivity index (χ1v) is 4.08. The number of rotatable bonds is 1. The van der Waals surface area contributed by atoms with Gasteiger partial charge in [0.15, 0.2) is 0 Å². The van der Waals surface area contributed by atoms with E-state index in [0.717, 1.165) is 5.56 Å². The Balaban J connectivity index is 3.18. The zero-order valence-corrected chi connectivity index (χ0v) is 7.76. The molecule has 0 heterocycles. The van der Waals surface area contributed by atoms with E-state index in [9.17, 15) is 5.11 Å². The fourth-order valence-corrected chi connectivity index (χ4v) is 1.25. The lowest BCUT2D eigenvalue weighted by molar-refractivity contribution is 0.475. The van der Waals surface area contributed by atoms with E-state index in [1.165, 1.54) is 11.1 Å². The summed E-state index contributed by atoms with van der Waals surface area (Å²) < 4.78 is 0. The van der Waals surface area contributed by atoms with Gasteiger partial charge in [-0.3, -0.25) is 0 Å². The molecule has 0 aliphatic heterocycles. The van der Waals surface area contributed by atoms with Gasteiger partial charge in [0, 0.05) is 0 Å². The molecule has 0 aliphatic rings. The molecule has 0 unspecified atom stereocenters. The maximum absolute atomic E-state index is 9.17. The maximum atomic E-state index is 9.17. The molecular formula is C11H14O. The summed E-state index contributed by atoms with van der Waals surface area (Å²) in [5, 5.41) is 9.17. The standard InChI is InChI=1S/C11H14O/c1-4-8(2)11-6-5-10(12)7-9(11)3/h4-7,12H,1-3H3/b8-4-. The second-order valence-electron chi connectivity index (χ2n) is 2.97. The monoisotopic (exact) mass is 162 g/mol. The molecule has 1 heteroatoms. The molecular weight excluding hydrogens is 148 g/mol. The fraction of sp³-hybridized carbons (Fsp3) is 0.273. The van der Waals surface area contributed by atoms with E-state index in [1.54, 1.807) is 12.1 Å². The average molecular weight is 162 g/mol. The first-order valence-electron chi connectivity index (χ1n) is 4.08. The molecule has 1 rings (SSSR count). The molecule has 0 saturated carbocycles. The van der Waals surface area contributed by atoms with E-state index in [4.69, 9.17) is 0 Å². The highest BCUT2D eigenvalue weighted by Crippen LogP contribution is 2.21. The van der Waals surface area contributed by atoms with E-state index in [2.05, 4.69) is 13.0 Å². The van der Waals surface area contributed by atoms with Crippen LogP contribution in [-0.4, -0.2) is 5.11 Å². The number of benzene rings is 1. The Labute approximate surface area is 73.4 Å². The van der Waals surface area contributed by atoms with Gasteiger partial charge >= 0.3 is 0 Å². The van der Waals surface area contributed by atoms with Crippen molar-refractivity contribution < 1.29 is 5.11 Å². The molecule has 0 amide bonds. The fourth-order valence-electron chi connectivity index (χ4n) is 1.25. The third kappa shape index (κ3) is 1.67. The van der Waals surface area contributed by atoms with Crippen molar-refractivity contribution in [3.8, 4) is 5.75 Å². The zero-order chi connectivity index (χ0) is 9.14. The molecule has 64 valence electrons. The number of aryl methyl sites for hydroxylation is 1. The lowest BCUT2D eigenvalue weighted by atomic mass is 10.0. The molecule has 0 saturated heterocycles. The molecule has 1 aromatic carbocycles. The molecule has 12 heavy (non-hydrogen) atoms. The summed E-state index contributed by atoms with van der Waals surface area (Å²) in [5.74, 6) is 0.333. The van der Waals surface area contributed by atoms with Crippen molar-refractivity contribution >= 4 is 5.57 Å². The van der Waals surface area contributed by atoms with Crippen molar-refractivity contribution in [2.45, 2.75) is 20.8 Å². The first kappa shape index (κ1) is 8.85. The van der Waals surface area contributed by atoms with Crippen molar-refractivity contribution in [1.82, 2.24) is 0 Å². The van der Waals surface area contributed by atoms with Gasteiger partial charge in [-0.2, -0.15) is 0 Å². The minimum atomic E-state index is 0.333. The van der Waals surface area contributed by atoms with Crippen LogP contribution >= 0.6 is 0 Å². The van der Waals surface area contributed by atoms with Gasteiger partial charge < -0.3 is 5.11 Å². The summed E-state index contributed by atoms with van der Waals surface area (Å²) in [5.41, 5.74) is 3.56. The van der Waals surface area contributed by atoms with Crippen LogP contribution in [0.5, 0.6) is 5.75 Å². The summed E-state index contributed by atoms with van der Waals surface area (Å²) in [6.07, 6.45) is 2.07. The highest BCUT2D eigenvalue weighted by molar-refractivity contribution is 5.66. The predicted octanol–water partition coefficient (Wildman–Crippen LogP) is 3.12. The van der Waals surface area contributed by atoms with Crippen molar-refractivity contribution in [1.29, 1.82) is 0 Å². The second kappa shape index (κ2) is 3.44. The molecule has 1 nitrogen and oxygen atoms in total. The Hall–Kier alpha value is -1.24. The van der Waals surface area contributed by atoms with Gasteiger partial charge in [0.25, 0.3) is 0 Å². The van der Waals surface area contributed by atoms with Crippen LogP contribution in [0.1, 0.15) is 25.0 Å². The summed E-state index contributed by atoms with van der Waals surface area (Å²) in [7, 11) is 0. The Morgan fingerprint density at radius 1 is 1.42 bits per heavy atom. The van der Waals surface area contributed by atoms with Crippen LogP contribution in [0.2, 0.25) is 0 Å². The number of hydrogen-bond donors (Lipinski definition) is 1. The van der Waals surface area contributed by atoms with E-state index in [1.807, 2.05) is 19.9 Å². The molecule has 0 spiro atoms. The van der Waals surface area contributed by atoms with Crippen molar-refractivity contribution in [2.24, 2.45) is 0 Å². The minimum absolute atomic E-state index is 0.333. The summed E-state index contributed by atoms with van der Waals surface area (Å²) in [4.78, 5) is 0. The highest BCUT2D eigenvalue weighted by atomic mass is 16.3. The molecule has 1 N–H and O–H groups in total. The van der Waals surface area contributed by atoms with Crippen LogP contribution in [-0.2, 0) is 0 Å². The van der Waals surface area contributed by atoms with Crippen LogP contribution in [0.15, 0.2) is 24.3 Å². The third-order valence-corrected chi connectivity index (χ3v) is 2.07. The first-order chi connectivity index (χ1) is 5.65. The van der Waals surface area contributed by atoms with Gasteiger partial charge in [-0.1, -0.05) is 12.1 Å². The molecule has 1 aromatic rings. The Morgan fingerprint density at radius 2 is 2.08 bits per heavy atom. The Bertz CT molecular complexity index is 311. The molecule has 0 aromatic heterocycles. The van der Waals surface area contributed by atoms with Crippen molar-refractivity contribution in [2.75, 3.05) is 0 Å². The summed E-state index contributed by atoms with van der Waals surface area (Å²) >= 11 is 0. The third-order valence-electron chi connectivity index (χ3n) is 2.07. The Kier molecular flexibility index (Phi) is 2.54. The lowest BCUT2D eigenvalue weighted by Gasteiger charge is -2.05. The van der Waals surface area contributed by atoms with Crippen LogP contribution in [0, 0.1) is 6.92 Å². The molecule has 0 aliphatic carbocycles. The normalized spacial score (nSPS) is 11.8. The van der Waals surface area contributed by atoms with Gasteiger partial charge in [0.2, 0.25) is 0 Å². The van der Waals surface area contributed by atoms with Crippen LogP contribution < -0.4 is 0 Å². The topological polar surface area (TPSA) is 20.2 Å². The predicted molar refractivity (Wildman–Crippen MR) is 52.2 cm³/mol. The number of allylic oxidation sites excluding steroid dienone is 2. The highest BCUT2D eigenvalue weighted by Gasteiger charge is 1.99. The van der Waals surface area contributed by atoms with Crippen LogP contribution in [0.25, 0.3) is 5.57 Å². The number of phenolic OH excluding ortho intramolecular Hbond substituents is 1. The lowest BCUT2D eigenvalue weighted by Crippen LogP contribution is -1.84. The van der Waals surface area contributed by atoms with E-state index < -0.39 is 0 Å². The van der Waals surface area contributed by atoms with Gasteiger partial charge in [-0.15, -0.1) is 0 Å².